The zero-order chi connectivity index (χ0) is 35.5. The summed E-state index contributed by atoms with van der Waals surface area (Å²) in [5.41, 5.74) is 8.63. The van der Waals surface area contributed by atoms with E-state index in [0.717, 1.165) is 60.5 Å². The van der Waals surface area contributed by atoms with E-state index in [2.05, 4.69) is 96.0 Å². The summed E-state index contributed by atoms with van der Waals surface area (Å²) in [5.74, 6) is 0.487. The number of hydrogen-bond donors (Lipinski definition) is 0. The molecular formula is C44H29N3. The molecule has 9 aromatic rings. The van der Waals surface area contributed by atoms with Crippen LogP contribution in [-0.2, 0) is 0 Å². The monoisotopic (exact) mass is 604 g/mol. The highest BCUT2D eigenvalue weighted by molar-refractivity contribution is 6.21. The second kappa shape index (κ2) is 11.2. The van der Waals surface area contributed by atoms with Crippen LogP contribution in [0.4, 0.5) is 0 Å². The molecule has 2 heterocycles. The fourth-order valence-corrected chi connectivity index (χ4v) is 6.73. The third-order valence-corrected chi connectivity index (χ3v) is 8.78. The van der Waals surface area contributed by atoms with Gasteiger partial charge in [0.15, 0.2) is 0 Å². The third kappa shape index (κ3) is 4.60. The van der Waals surface area contributed by atoms with E-state index in [4.69, 9.17) is 11.8 Å². The van der Waals surface area contributed by atoms with E-state index in [9.17, 15) is 0 Å². The predicted molar refractivity (Wildman–Crippen MR) is 196 cm³/mol. The molecule has 47 heavy (non-hydrogen) atoms. The molecule has 0 amide bonds. The normalized spacial score (nSPS) is 12.9. The summed E-state index contributed by atoms with van der Waals surface area (Å²) in [4.78, 5) is 9.28. The maximum Gasteiger partial charge on any atom is 0.145 e. The molecule has 9 rings (SSSR count). The molecule has 0 bridgehead atoms. The molecule has 0 aliphatic carbocycles. The van der Waals surface area contributed by atoms with Crippen molar-refractivity contribution in [2.75, 3.05) is 0 Å². The number of nitrogens with zero attached hydrogens (tertiary/aromatic N) is 3. The highest BCUT2D eigenvalue weighted by Crippen LogP contribution is 2.44. The molecule has 0 unspecified atom stereocenters. The number of hydrogen-bond acceptors (Lipinski definition) is 2. The molecule has 0 spiro atoms. The molecule has 0 N–H and O–H groups in total. The van der Waals surface area contributed by atoms with Crippen LogP contribution < -0.4 is 0 Å². The summed E-state index contributed by atoms with van der Waals surface area (Å²) in [6.45, 7) is 0. The van der Waals surface area contributed by atoms with Crippen LogP contribution in [0.5, 0.6) is 0 Å². The van der Waals surface area contributed by atoms with Crippen molar-refractivity contribution in [3.8, 4) is 50.5 Å². The molecule has 3 nitrogen and oxygen atoms in total. The second-order valence-electron chi connectivity index (χ2n) is 11.5. The minimum absolute atomic E-state index is 0.0647. The number of pyridine rings is 1. The molecule has 0 atom stereocenters. The molecule has 0 fully saturated rings. The number of benzene rings is 7. The smallest absolute Gasteiger partial charge is 0.145 e. The average Bonchev–Trinajstić information content (AvgIpc) is 3.58. The van der Waals surface area contributed by atoms with Gasteiger partial charge in [-0.2, -0.15) is 0 Å². The van der Waals surface area contributed by atoms with E-state index in [1.54, 1.807) is 10.8 Å². The van der Waals surface area contributed by atoms with Gasteiger partial charge in [-0.3, -0.25) is 9.55 Å². The summed E-state index contributed by atoms with van der Waals surface area (Å²) in [6, 6.07) is 43.5. The summed E-state index contributed by atoms with van der Waals surface area (Å²) < 4.78 is 44.4. The molecule has 0 saturated carbocycles. The van der Waals surface area contributed by atoms with Crippen LogP contribution in [-0.4, -0.2) is 14.5 Å². The minimum Gasteiger partial charge on any atom is -0.292 e. The third-order valence-electron chi connectivity index (χ3n) is 8.78. The molecule has 0 aliphatic rings. The second-order valence-corrected chi connectivity index (χ2v) is 11.5. The summed E-state index contributed by atoms with van der Waals surface area (Å²) in [6.07, 6.45) is 3.66. The fourth-order valence-electron chi connectivity index (χ4n) is 6.73. The largest absolute Gasteiger partial charge is 0.292 e. The first kappa shape index (κ1) is 22.2. The van der Waals surface area contributed by atoms with E-state index < -0.39 is 18.1 Å². The lowest BCUT2D eigenvalue weighted by atomic mass is 9.85. The lowest BCUT2D eigenvalue weighted by molar-refractivity contribution is 1.10. The van der Waals surface area contributed by atoms with E-state index in [0.29, 0.717) is 16.9 Å². The van der Waals surface area contributed by atoms with Gasteiger partial charge in [0, 0.05) is 23.6 Å². The van der Waals surface area contributed by atoms with Gasteiger partial charge >= 0.3 is 0 Å². The van der Waals surface area contributed by atoms with Crippen LogP contribution >= 0.6 is 0 Å². The van der Waals surface area contributed by atoms with Crippen molar-refractivity contribution in [2.45, 2.75) is 0 Å². The van der Waals surface area contributed by atoms with Crippen molar-refractivity contribution in [1.82, 2.24) is 14.5 Å². The SMILES string of the molecule is [2H]c1c([2H])c([2H])c(-n2c(-c3cccc(-c4c5ccccc5c(-c5ccc(-c6cccnc6)cc5)c5ccccc45)c3)nc3ccccc32)c([2H])c1[2H]. The van der Waals surface area contributed by atoms with Crippen molar-refractivity contribution in [2.24, 2.45) is 0 Å². The fraction of sp³-hybridized carbons (Fsp3) is 0. The van der Waals surface area contributed by atoms with Gasteiger partial charge in [0.25, 0.3) is 0 Å². The summed E-state index contributed by atoms with van der Waals surface area (Å²) in [5, 5.41) is 4.46. The quantitative estimate of drug-likeness (QED) is 0.183. The van der Waals surface area contributed by atoms with E-state index >= 15 is 0 Å². The number of aromatic nitrogens is 3. The zero-order valence-electron chi connectivity index (χ0n) is 30.2. The predicted octanol–water partition coefficient (Wildman–Crippen LogP) is 11.4. The Morgan fingerprint density at radius 3 is 1.77 bits per heavy atom. The molecule has 3 heteroatoms. The standard InChI is InChI=1S/C44H29N3/c1-2-15-35(16-3-1)47-41-22-9-8-21-40(41)46-44(47)33-13-10-12-32(28-33)43-38-19-6-4-17-36(38)42(37-18-5-7-20-39(37)43)31-25-23-30(24-26-31)34-14-11-27-45-29-34/h1-29H/i1D,2D,3D,15D,16D. The van der Waals surface area contributed by atoms with Crippen molar-refractivity contribution in [1.29, 1.82) is 0 Å². The van der Waals surface area contributed by atoms with Gasteiger partial charge in [0.2, 0.25) is 0 Å². The number of imidazole rings is 1. The first-order chi connectivity index (χ1) is 25.4. The lowest BCUT2D eigenvalue weighted by Gasteiger charge is -2.18. The highest BCUT2D eigenvalue weighted by Gasteiger charge is 2.19. The Hall–Kier alpha value is -6.32. The highest BCUT2D eigenvalue weighted by atomic mass is 15.1. The zero-order valence-corrected chi connectivity index (χ0v) is 25.2. The molecule has 0 radical (unpaired) electrons. The molecule has 7 aromatic carbocycles. The van der Waals surface area contributed by atoms with Gasteiger partial charge in [-0.15, -0.1) is 0 Å². The van der Waals surface area contributed by atoms with E-state index in [1.807, 2.05) is 48.7 Å². The first-order valence-corrected chi connectivity index (χ1v) is 15.5. The average molecular weight is 605 g/mol. The number of para-hydroxylation sites is 3. The molecular weight excluding hydrogens is 571 g/mol. The van der Waals surface area contributed by atoms with Gasteiger partial charge in [0.05, 0.1) is 17.9 Å². The van der Waals surface area contributed by atoms with E-state index in [1.165, 1.54) is 0 Å². The van der Waals surface area contributed by atoms with Crippen LogP contribution in [0.3, 0.4) is 0 Å². The Morgan fingerprint density at radius 2 is 1.09 bits per heavy atom. The summed E-state index contributed by atoms with van der Waals surface area (Å²) in [7, 11) is 0. The molecule has 220 valence electrons. The molecule has 2 aromatic heterocycles. The van der Waals surface area contributed by atoms with Crippen LogP contribution in [0.15, 0.2) is 176 Å². The van der Waals surface area contributed by atoms with Crippen LogP contribution in [0.25, 0.3) is 83.0 Å². The van der Waals surface area contributed by atoms with Crippen molar-refractivity contribution in [3.05, 3.63) is 176 Å². The first-order valence-electron chi connectivity index (χ1n) is 18.0. The lowest BCUT2D eigenvalue weighted by Crippen LogP contribution is -1.97. The maximum absolute atomic E-state index is 8.83. The Kier molecular flexibility index (Phi) is 5.32. The minimum atomic E-state index is -0.432. The van der Waals surface area contributed by atoms with E-state index in [-0.39, 0.29) is 17.8 Å². The summed E-state index contributed by atoms with van der Waals surface area (Å²) >= 11 is 0. The van der Waals surface area contributed by atoms with Crippen LogP contribution in [0, 0.1) is 0 Å². The molecule has 0 aliphatic heterocycles. The van der Waals surface area contributed by atoms with Crippen molar-refractivity contribution in [3.63, 3.8) is 0 Å². The van der Waals surface area contributed by atoms with Crippen LogP contribution in [0.1, 0.15) is 6.85 Å². The van der Waals surface area contributed by atoms with Gasteiger partial charge in [0.1, 0.15) is 5.82 Å². The Balaban J connectivity index is 1.27. The Bertz CT molecular complexity index is 2760. The Labute approximate surface area is 280 Å². The molecule has 0 saturated heterocycles. The topological polar surface area (TPSA) is 30.7 Å². The van der Waals surface area contributed by atoms with Gasteiger partial charge in [-0.1, -0.05) is 127 Å². The van der Waals surface area contributed by atoms with Gasteiger partial charge in [-0.25, -0.2) is 4.98 Å². The van der Waals surface area contributed by atoms with Crippen LogP contribution in [0.2, 0.25) is 0 Å². The van der Waals surface area contributed by atoms with Gasteiger partial charge < -0.3 is 0 Å². The number of rotatable bonds is 5. The maximum atomic E-state index is 8.83. The Morgan fingerprint density at radius 1 is 0.489 bits per heavy atom. The number of fused-ring (bicyclic) bond motifs is 3. The van der Waals surface area contributed by atoms with Crippen molar-refractivity contribution < 1.29 is 6.85 Å². The van der Waals surface area contributed by atoms with Gasteiger partial charge in [-0.05, 0) is 91.3 Å². The van der Waals surface area contributed by atoms with Crippen molar-refractivity contribution >= 4 is 32.6 Å².